The molecule has 0 amide bonds. The van der Waals surface area contributed by atoms with Gasteiger partial charge in [-0.25, -0.2) is 0 Å². The van der Waals surface area contributed by atoms with Gasteiger partial charge in [0.15, 0.2) is 0 Å². The summed E-state index contributed by atoms with van der Waals surface area (Å²) in [5, 5.41) is 3.23. The Kier molecular flexibility index (Phi) is 6.13. The predicted molar refractivity (Wildman–Crippen MR) is 78.1 cm³/mol. The second kappa shape index (κ2) is 6.11. The highest BCUT2D eigenvalue weighted by Crippen LogP contribution is 2.34. The van der Waals surface area contributed by atoms with Crippen LogP contribution in [0.1, 0.15) is 53.9 Å². The highest BCUT2D eigenvalue weighted by molar-refractivity contribution is 7.81. The van der Waals surface area contributed by atoms with Gasteiger partial charge >= 0.3 is 0 Å². The Morgan fingerprint density at radius 2 is 1.75 bits per heavy atom. The van der Waals surface area contributed by atoms with Crippen LogP contribution < -0.4 is 5.32 Å². The van der Waals surface area contributed by atoms with Crippen LogP contribution in [-0.2, 0) is 0 Å². The summed E-state index contributed by atoms with van der Waals surface area (Å²) in [5.41, 5.74) is 1.68. The van der Waals surface area contributed by atoms with Crippen molar-refractivity contribution in [1.29, 1.82) is 0 Å². The number of hydrogen-bond acceptors (Lipinski definition) is 2. The largest absolute Gasteiger partial charge is 0.306 e. The lowest BCUT2D eigenvalue weighted by molar-refractivity contribution is 0.291. The molecule has 1 N–H and O–H groups in total. The molecular formula is C14H29NS. The van der Waals surface area contributed by atoms with E-state index in [-0.39, 0.29) is 4.87 Å². The zero-order valence-electron chi connectivity index (χ0n) is 11.9. The Balaban J connectivity index is 4.20. The zero-order chi connectivity index (χ0) is 13.0. The molecule has 1 unspecified atom stereocenters. The van der Waals surface area contributed by atoms with Gasteiger partial charge < -0.3 is 5.32 Å². The third-order valence-corrected chi connectivity index (χ3v) is 3.80. The molecule has 0 aliphatic heterocycles. The first kappa shape index (κ1) is 16.1. The normalized spacial score (nSPS) is 16.2. The summed E-state index contributed by atoms with van der Waals surface area (Å²) in [7, 11) is 1.97. The van der Waals surface area contributed by atoms with Gasteiger partial charge in [0.2, 0.25) is 0 Å². The molecule has 0 fully saturated rings. The van der Waals surface area contributed by atoms with Crippen LogP contribution >= 0.6 is 12.6 Å². The molecule has 0 aliphatic rings. The van der Waals surface area contributed by atoms with E-state index in [9.17, 15) is 0 Å². The number of thiol groups is 1. The molecule has 0 bridgehead atoms. The van der Waals surface area contributed by atoms with Gasteiger partial charge in [0.05, 0.1) is 4.87 Å². The number of rotatable bonds is 7. The maximum Gasteiger partial charge on any atom is 0.0584 e. The topological polar surface area (TPSA) is 12.0 Å². The first-order chi connectivity index (χ1) is 7.09. The van der Waals surface area contributed by atoms with Gasteiger partial charge in [-0.2, -0.15) is 12.6 Å². The summed E-state index contributed by atoms with van der Waals surface area (Å²) >= 11 is 4.60. The number of hydrogen-bond donors (Lipinski definition) is 2. The maximum atomic E-state index is 4.60. The van der Waals surface area contributed by atoms with E-state index in [1.165, 1.54) is 12.0 Å². The Bertz CT molecular complexity index is 229. The minimum absolute atomic E-state index is 0.0591. The monoisotopic (exact) mass is 243 g/mol. The number of nitrogens with one attached hydrogen (secondary N) is 1. The van der Waals surface area contributed by atoms with Gasteiger partial charge in [-0.3, -0.25) is 0 Å². The van der Waals surface area contributed by atoms with Gasteiger partial charge in [0, 0.05) is 0 Å². The van der Waals surface area contributed by atoms with Gasteiger partial charge in [-0.15, -0.1) is 0 Å². The fourth-order valence-electron chi connectivity index (χ4n) is 1.61. The van der Waals surface area contributed by atoms with Crippen molar-refractivity contribution in [3.05, 3.63) is 12.2 Å². The molecular weight excluding hydrogens is 214 g/mol. The van der Waals surface area contributed by atoms with Crippen molar-refractivity contribution in [2.75, 3.05) is 7.05 Å². The average molecular weight is 243 g/mol. The molecule has 1 nitrogen and oxygen atoms in total. The third kappa shape index (κ3) is 6.59. The van der Waals surface area contributed by atoms with Crippen molar-refractivity contribution in [3.63, 3.8) is 0 Å². The molecule has 0 saturated carbocycles. The van der Waals surface area contributed by atoms with E-state index in [1.807, 2.05) is 7.05 Å². The molecule has 0 aromatic carbocycles. The quantitative estimate of drug-likeness (QED) is 0.387. The number of allylic oxidation sites excluding steroid dienone is 1. The van der Waals surface area contributed by atoms with Crippen molar-refractivity contribution >= 4 is 12.6 Å². The standard InChI is InChI=1S/C14H29NS/c1-11(2)12(3)10-13(4,5)8-9-14(6,16)15-7/h11,15-16H,3,8-10H2,1-2,4-7H3. The fraction of sp³-hybridized carbons (Fsp3) is 0.857. The van der Waals surface area contributed by atoms with Gasteiger partial charge in [0.1, 0.15) is 0 Å². The molecule has 0 heterocycles. The first-order valence-corrected chi connectivity index (χ1v) is 6.63. The van der Waals surface area contributed by atoms with Crippen molar-refractivity contribution in [2.24, 2.45) is 11.3 Å². The van der Waals surface area contributed by atoms with Crippen LogP contribution in [0.2, 0.25) is 0 Å². The van der Waals surface area contributed by atoms with Crippen LogP contribution in [0.3, 0.4) is 0 Å². The van der Waals surface area contributed by atoms with Gasteiger partial charge in [0.25, 0.3) is 0 Å². The zero-order valence-corrected chi connectivity index (χ0v) is 12.7. The summed E-state index contributed by atoms with van der Waals surface area (Å²) in [6.45, 7) is 15.4. The lowest BCUT2D eigenvalue weighted by atomic mass is 9.78. The van der Waals surface area contributed by atoms with E-state index in [4.69, 9.17) is 0 Å². The third-order valence-electron chi connectivity index (χ3n) is 3.35. The highest BCUT2D eigenvalue weighted by atomic mass is 32.1. The molecule has 0 radical (unpaired) electrons. The van der Waals surface area contributed by atoms with E-state index in [1.54, 1.807) is 0 Å². The molecule has 0 aromatic heterocycles. The lowest BCUT2D eigenvalue weighted by Crippen LogP contribution is -2.34. The van der Waals surface area contributed by atoms with Crippen molar-refractivity contribution in [1.82, 2.24) is 5.32 Å². The second-order valence-corrected chi connectivity index (χ2v) is 7.16. The van der Waals surface area contributed by atoms with E-state index >= 15 is 0 Å². The van der Waals surface area contributed by atoms with Crippen molar-refractivity contribution < 1.29 is 0 Å². The summed E-state index contributed by atoms with van der Waals surface area (Å²) in [6, 6.07) is 0. The molecule has 0 aliphatic carbocycles. The van der Waals surface area contributed by atoms with Gasteiger partial charge in [-0.05, 0) is 44.6 Å². The highest BCUT2D eigenvalue weighted by Gasteiger charge is 2.24. The Hall–Kier alpha value is 0.0500. The van der Waals surface area contributed by atoms with E-state index in [0.717, 1.165) is 12.8 Å². The summed E-state index contributed by atoms with van der Waals surface area (Å²) in [6.07, 6.45) is 3.35. The average Bonchev–Trinajstić information content (AvgIpc) is 2.14. The van der Waals surface area contributed by atoms with Crippen LogP contribution in [0.4, 0.5) is 0 Å². The Labute approximate surface area is 107 Å². The molecule has 0 aromatic rings. The molecule has 2 heteroatoms. The minimum Gasteiger partial charge on any atom is -0.306 e. The van der Waals surface area contributed by atoms with Crippen LogP contribution in [0, 0.1) is 11.3 Å². The smallest absolute Gasteiger partial charge is 0.0584 e. The van der Waals surface area contributed by atoms with Crippen molar-refractivity contribution in [2.45, 2.75) is 58.8 Å². The van der Waals surface area contributed by atoms with E-state index in [2.05, 4.69) is 59.1 Å². The lowest BCUT2D eigenvalue weighted by Gasteiger charge is -2.31. The molecule has 1 atom stereocenters. The Morgan fingerprint density at radius 1 is 1.25 bits per heavy atom. The van der Waals surface area contributed by atoms with E-state index < -0.39 is 0 Å². The first-order valence-electron chi connectivity index (χ1n) is 6.18. The Morgan fingerprint density at radius 3 is 2.12 bits per heavy atom. The van der Waals surface area contributed by atoms with Crippen LogP contribution in [0.25, 0.3) is 0 Å². The second-order valence-electron chi connectivity index (χ2n) is 6.18. The minimum atomic E-state index is -0.0591. The van der Waals surface area contributed by atoms with Crippen molar-refractivity contribution in [3.8, 4) is 0 Å². The fourth-order valence-corrected chi connectivity index (χ4v) is 1.73. The summed E-state index contributed by atoms with van der Waals surface area (Å²) in [5.74, 6) is 0.589. The van der Waals surface area contributed by atoms with Crippen LogP contribution in [0.5, 0.6) is 0 Å². The molecule has 96 valence electrons. The van der Waals surface area contributed by atoms with E-state index in [0.29, 0.717) is 11.3 Å². The molecule has 16 heavy (non-hydrogen) atoms. The maximum absolute atomic E-state index is 4.60. The SMILES string of the molecule is C=C(CC(C)(C)CCC(C)(S)NC)C(C)C. The predicted octanol–water partition coefficient (Wildman–Crippen LogP) is 4.26. The van der Waals surface area contributed by atoms with Crippen LogP contribution in [0.15, 0.2) is 12.2 Å². The van der Waals surface area contributed by atoms with Gasteiger partial charge in [-0.1, -0.05) is 39.8 Å². The summed E-state index contributed by atoms with van der Waals surface area (Å²) in [4.78, 5) is -0.0591. The molecule has 0 rings (SSSR count). The molecule has 0 spiro atoms. The van der Waals surface area contributed by atoms with Crippen LogP contribution in [-0.4, -0.2) is 11.9 Å². The molecule has 0 saturated heterocycles. The summed E-state index contributed by atoms with van der Waals surface area (Å²) < 4.78 is 0.